The number of hydrogen-bond acceptors (Lipinski definition) is 4. The Morgan fingerprint density at radius 3 is 2.47 bits per heavy atom. The van der Waals surface area contributed by atoms with Gasteiger partial charge in [0.2, 0.25) is 5.79 Å². The van der Waals surface area contributed by atoms with Crippen molar-refractivity contribution in [3.8, 4) is 0 Å². The van der Waals surface area contributed by atoms with Crippen LogP contribution in [0.3, 0.4) is 0 Å². The molecule has 0 aliphatic carbocycles. The molecule has 0 aromatic carbocycles. The molecule has 0 saturated carbocycles. The van der Waals surface area contributed by atoms with E-state index in [9.17, 15) is 0 Å². The van der Waals surface area contributed by atoms with Crippen molar-refractivity contribution in [3.63, 3.8) is 0 Å². The van der Waals surface area contributed by atoms with Crippen molar-refractivity contribution in [1.29, 1.82) is 0 Å². The summed E-state index contributed by atoms with van der Waals surface area (Å²) in [6.45, 7) is 8.66. The summed E-state index contributed by atoms with van der Waals surface area (Å²) in [5.74, 6) is -0.800. The Labute approximate surface area is 120 Å². The largest absolute Gasteiger partial charge is 0.345 e. The molecule has 0 atom stereocenters. The van der Waals surface area contributed by atoms with Gasteiger partial charge in [-0.1, -0.05) is 18.5 Å². The Morgan fingerprint density at radius 2 is 1.95 bits per heavy atom. The number of nitrogens with zero attached hydrogens (tertiary/aromatic N) is 1. The highest BCUT2D eigenvalue weighted by atomic mass is 35.5. The topological polar surface area (TPSA) is 43.4 Å². The van der Waals surface area contributed by atoms with Crippen LogP contribution >= 0.6 is 11.6 Å². The van der Waals surface area contributed by atoms with Gasteiger partial charge < -0.3 is 14.8 Å². The first-order valence-electron chi connectivity index (χ1n) is 6.79. The Hall–Kier alpha value is -0.680. The molecular formula is C14H23ClN2O2. The van der Waals surface area contributed by atoms with Crippen molar-refractivity contribution in [2.45, 2.75) is 33.0 Å². The van der Waals surface area contributed by atoms with Gasteiger partial charge in [0, 0.05) is 25.0 Å². The monoisotopic (exact) mass is 286 g/mol. The predicted octanol–water partition coefficient (Wildman–Crippen LogP) is 2.96. The molecule has 0 amide bonds. The second kappa shape index (κ2) is 8.48. The summed E-state index contributed by atoms with van der Waals surface area (Å²) >= 11 is 5.97. The summed E-state index contributed by atoms with van der Waals surface area (Å²) in [7, 11) is 0. The molecule has 0 aliphatic heterocycles. The average Bonchev–Trinajstić information content (AvgIpc) is 2.39. The fraction of sp³-hybridized carbons (Fsp3) is 0.643. The van der Waals surface area contributed by atoms with Gasteiger partial charge in [0.05, 0.1) is 6.54 Å². The highest BCUT2D eigenvalue weighted by molar-refractivity contribution is 6.29. The molecule has 0 unspecified atom stereocenters. The summed E-state index contributed by atoms with van der Waals surface area (Å²) in [6.07, 6.45) is 2.73. The number of aromatic nitrogens is 1. The van der Waals surface area contributed by atoms with Gasteiger partial charge in [-0.2, -0.15) is 0 Å². The van der Waals surface area contributed by atoms with Crippen LogP contribution in [0.5, 0.6) is 0 Å². The van der Waals surface area contributed by atoms with E-state index in [0.29, 0.717) is 24.9 Å². The molecule has 5 heteroatoms. The minimum absolute atomic E-state index is 0.441. The van der Waals surface area contributed by atoms with Crippen LogP contribution in [-0.2, 0) is 15.3 Å². The summed E-state index contributed by atoms with van der Waals surface area (Å²) in [6, 6.07) is 3.67. The van der Waals surface area contributed by atoms with Gasteiger partial charge >= 0.3 is 0 Å². The van der Waals surface area contributed by atoms with E-state index in [-0.39, 0.29) is 0 Å². The lowest BCUT2D eigenvalue weighted by Gasteiger charge is -2.34. The number of ether oxygens (including phenoxy) is 2. The number of pyridine rings is 1. The Balaban J connectivity index is 2.99. The molecule has 1 aromatic rings. The van der Waals surface area contributed by atoms with Gasteiger partial charge in [-0.05, 0) is 38.9 Å². The summed E-state index contributed by atoms with van der Waals surface area (Å²) in [4.78, 5) is 4.00. The van der Waals surface area contributed by atoms with Gasteiger partial charge in [-0.3, -0.25) is 0 Å². The number of rotatable bonds is 9. The van der Waals surface area contributed by atoms with E-state index in [1.807, 2.05) is 19.9 Å². The van der Waals surface area contributed by atoms with Crippen LogP contribution in [0.2, 0.25) is 5.15 Å². The third-order valence-corrected chi connectivity index (χ3v) is 2.91. The van der Waals surface area contributed by atoms with Crippen molar-refractivity contribution in [2.75, 3.05) is 26.3 Å². The fourth-order valence-electron chi connectivity index (χ4n) is 1.95. The van der Waals surface area contributed by atoms with E-state index in [1.165, 1.54) is 0 Å². The first kappa shape index (κ1) is 16.4. The maximum absolute atomic E-state index is 5.97. The first-order valence-corrected chi connectivity index (χ1v) is 7.17. The number of nitrogens with one attached hydrogen (secondary N) is 1. The van der Waals surface area contributed by atoms with Gasteiger partial charge in [0.25, 0.3) is 0 Å². The first-order chi connectivity index (χ1) is 9.18. The third-order valence-electron chi connectivity index (χ3n) is 2.71. The third kappa shape index (κ3) is 4.73. The van der Waals surface area contributed by atoms with Gasteiger partial charge in [0.15, 0.2) is 0 Å². The van der Waals surface area contributed by atoms with Crippen molar-refractivity contribution in [3.05, 3.63) is 29.0 Å². The predicted molar refractivity (Wildman–Crippen MR) is 77.3 cm³/mol. The van der Waals surface area contributed by atoms with E-state index in [2.05, 4.69) is 17.2 Å². The zero-order valence-corrected chi connectivity index (χ0v) is 12.7. The molecule has 0 saturated heterocycles. The van der Waals surface area contributed by atoms with Crippen LogP contribution in [0.4, 0.5) is 0 Å². The quantitative estimate of drug-likeness (QED) is 0.431. The highest BCUT2D eigenvalue weighted by Gasteiger charge is 2.33. The van der Waals surface area contributed by atoms with Gasteiger partial charge in [-0.15, -0.1) is 0 Å². The molecule has 0 bridgehead atoms. The Morgan fingerprint density at radius 1 is 1.26 bits per heavy atom. The van der Waals surface area contributed by atoms with E-state index >= 15 is 0 Å². The molecule has 19 heavy (non-hydrogen) atoms. The van der Waals surface area contributed by atoms with Gasteiger partial charge in [0.1, 0.15) is 5.15 Å². The molecule has 0 radical (unpaired) electrons. The second-order valence-corrected chi connectivity index (χ2v) is 4.55. The maximum Gasteiger partial charge on any atom is 0.207 e. The zero-order valence-electron chi connectivity index (χ0n) is 11.9. The van der Waals surface area contributed by atoms with Crippen molar-refractivity contribution in [1.82, 2.24) is 10.3 Å². The van der Waals surface area contributed by atoms with E-state index in [4.69, 9.17) is 21.1 Å². The lowest BCUT2D eigenvalue weighted by Crippen LogP contribution is -2.43. The molecule has 1 N–H and O–H groups in total. The average molecular weight is 287 g/mol. The van der Waals surface area contributed by atoms with Crippen LogP contribution in [0.25, 0.3) is 0 Å². The van der Waals surface area contributed by atoms with E-state index < -0.39 is 5.79 Å². The van der Waals surface area contributed by atoms with Crippen LogP contribution in [0.1, 0.15) is 32.8 Å². The summed E-state index contributed by atoms with van der Waals surface area (Å²) < 4.78 is 11.8. The van der Waals surface area contributed by atoms with Crippen LogP contribution in [0.15, 0.2) is 18.3 Å². The molecule has 1 heterocycles. The minimum Gasteiger partial charge on any atom is -0.345 e. The molecular weight excluding hydrogens is 264 g/mol. The highest BCUT2D eigenvalue weighted by Crippen LogP contribution is 2.28. The SMILES string of the molecule is CCCNCC(OCC)(OCC)c1ccnc(Cl)c1. The normalized spacial score (nSPS) is 11.8. The lowest BCUT2D eigenvalue weighted by atomic mass is 10.1. The van der Waals surface area contributed by atoms with Crippen LogP contribution in [0, 0.1) is 0 Å². The maximum atomic E-state index is 5.97. The summed E-state index contributed by atoms with van der Waals surface area (Å²) in [5.41, 5.74) is 0.889. The molecule has 108 valence electrons. The van der Waals surface area contributed by atoms with E-state index in [1.54, 1.807) is 12.3 Å². The molecule has 4 nitrogen and oxygen atoms in total. The Kier molecular flexibility index (Phi) is 7.31. The molecule has 0 fully saturated rings. The molecule has 0 spiro atoms. The molecule has 1 aromatic heterocycles. The molecule has 0 aliphatic rings. The smallest absolute Gasteiger partial charge is 0.207 e. The zero-order chi connectivity index (χ0) is 14.1. The molecule has 1 rings (SSSR count). The van der Waals surface area contributed by atoms with E-state index in [0.717, 1.165) is 18.5 Å². The van der Waals surface area contributed by atoms with Crippen molar-refractivity contribution in [2.24, 2.45) is 0 Å². The van der Waals surface area contributed by atoms with Crippen molar-refractivity contribution < 1.29 is 9.47 Å². The van der Waals surface area contributed by atoms with Crippen LogP contribution in [-0.4, -0.2) is 31.3 Å². The minimum atomic E-state index is -0.800. The summed E-state index contributed by atoms with van der Waals surface area (Å²) in [5, 5.41) is 3.79. The standard InChI is InChI=1S/C14H23ClN2O2/c1-4-8-16-11-14(18-5-2,19-6-3)12-7-9-17-13(15)10-12/h7,9-10,16H,4-6,8,11H2,1-3H3. The fourth-order valence-corrected chi connectivity index (χ4v) is 2.12. The number of halogens is 1. The van der Waals surface area contributed by atoms with Gasteiger partial charge in [-0.25, -0.2) is 4.98 Å². The second-order valence-electron chi connectivity index (χ2n) is 4.16. The number of hydrogen-bond donors (Lipinski definition) is 1. The Bertz CT molecular complexity index is 368. The van der Waals surface area contributed by atoms with Crippen molar-refractivity contribution >= 4 is 11.6 Å². The van der Waals surface area contributed by atoms with Crippen LogP contribution < -0.4 is 5.32 Å². The lowest BCUT2D eigenvalue weighted by molar-refractivity contribution is -0.239.